The maximum absolute atomic E-state index is 4.66. The number of hydrogen-bond donors (Lipinski definition) is 0. The Morgan fingerprint density at radius 3 is 1.33 bits per heavy atom. The minimum atomic E-state index is 0. The molecule has 0 aliphatic heterocycles. The van der Waals surface area contributed by atoms with Gasteiger partial charge in [-0.15, -0.1) is 0 Å². The van der Waals surface area contributed by atoms with Gasteiger partial charge in [-0.1, -0.05) is 24.3 Å². The van der Waals surface area contributed by atoms with E-state index in [1.165, 1.54) is 0 Å². The molecule has 7 rings (SSSR count). The summed E-state index contributed by atoms with van der Waals surface area (Å²) in [6.45, 7) is 0. The van der Waals surface area contributed by atoms with Crippen LogP contribution in [0, 0.1) is 0 Å². The fourth-order valence-corrected chi connectivity index (χ4v) is 4.06. The molecule has 6 heterocycles. The van der Waals surface area contributed by atoms with E-state index in [9.17, 15) is 0 Å². The van der Waals surface area contributed by atoms with Gasteiger partial charge in [-0.25, -0.2) is 0 Å². The van der Waals surface area contributed by atoms with Crippen LogP contribution in [0.15, 0.2) is 145 Å². The van der Waals surface area contributed by atoms with Crippen molar-refractivity contribution in [2.45, 2.75) is 0 Å². The van der Waals surface area contributed by atoms with Crippen molar-refractivity contribution in [1.29, 1.82) is 0 Å². The number of rotatable bonds is 3. The summed E-state index contributed by atoms with van der Waals surface area (Å²) in [5, 5.41) is 4.38. The molecule has 0 saturated heterocycles. The second kappa shape index (κ2) is 15.7. The standard InChI is InChI=1S/C13H7N3S.2C10H8N2.Ru/c17-8-16-12-7-11-9(3-1-5-14-11)13-10(12)4-2-6-15-13;2*1-3-7-11-9(5-1)10-6-2-4-8-12-10;/h1-7H;2*1-8H;. The van der Waals surface area contributed by atoms with Crippen molar-refractivity contribution in [3.05, 3.63) is 140 Å². The summed E-state index contributed by atoms with van der Waals surface area (Å²) >= 11 is 4.66. The minimum Gasteiger partial charge on any atom is -0.256 e. The average Bonchev–Trinajstić information content (AvgIpc) is 3.07. The van der Waals surface area contributed by atoms with Crippen molar-refractivity contribution in [1.82, 2.24) is 29.9 Å². The van der Waals surface area contributed by atoms with E-state index in [1.54, 1.807) is 37.2 Å². The van der Waals surface area contributed by atoms with E-state index >= 15 is 0 Å². The molecule has 0 bridgehead atoms. The van der Waals surface area contributed by atoms with Crippen LogP contribution in [-0.2, 0) is 19.5 Å². The molecule has 0 saturated carbocycles. The molecule has 0 radical (unpaired) electrons. The van der Waals surface area contributed by atoms with Crippen LogP contribution in [-0.4, -0.2) is 35.1 Å². The van der Waals surface area contributed by atoms with E-state index in [0.717, 1.165) is 50.3 Å². The maximum Gasteiger partial charge on any atom is 0.0886 e. The zero-order valence-corrected chi connectivity index (χ0v) is 24.7. The summed E-state index contributed by atoms with van der Waals surface area (Å²) in [5.41, 5.74) is 6.17. The van der Waals surface area contributed by atoms with E-state index in [1.807, 2.05) is 103 Å². The van der Waals surface area contributed by atoms with Crippen molar-refractivity contribution in [2.75, 3.05) is 0 Å². The van der Waals surface area contributed by atoms with Gasteiger partial charge in [0.1, 0.15) is 0 Å². The fourth-order valence-electron chi connectivity index (χ4n) is 3.97. The van der Waals surface area contributed by atoms with Crippen molar-refractivity contribution < 1.29 is 19.5 Å². The van der Waals surface area contributed by atoms with Gasteiger partial charge in [0.25, 0.3) is 0 Å². The summed E-state index contributed by atoms with van der Waals surface area (Å²) in [5.74, 6) is 0. The van der Waals surface area contributed by atoms with Crippen molar-refractivity contribution >= 4 is 44.9 Å². The monoisotopic (exact) mass is 651 g/mol. The molecular formula is C33H23N7RuS. The zero-order chi connectivity index (χ0) is 28.1. The third-order valence-corrected chi connectivity index (χ3v) is 5.89. The third kappa shape index (κ3) is 7.83. The quantitative estimate of drug-likeness (QED) is 0.0834. The third-order valence-electron chi connectivity index (χ3n) is 5.80. The second-order valence-corrected chi connectivity index (χ2v) is 8.61. The zero-order valence-electron chi connectivity index (χ0n) is 22.2. The first-order chi connectivity index (χ1) is 20.3. The summed E-state index contributed by atoms with van der Waals surface area (Å²) in [6, 6.07) is 32.8. The van der Waals surface area contributed by atoms with E-state index < -0.39 is 0 Å². The van der Waals surface area contributed by atoms with E-state index in [2.05, 4.69) is 52.3 Å². The van der Waals surface area contributed by atoms with Crippen LogP contribution in [0.1, 0.15) is 0 Å². The largest absolute Gasteiger partial charge is 0.256 e. The molecule has 0 unspecified atom stereocenters. The molecule has 7 aromatic rings. The average molecular weight is 651 g/mol. The molecule has 7 nitrogen and oxygen atoms in total. The molecule has 0 fully saturated rings. The van der Waals surface area contributed by atoms with Gasteiger partial charge in [0.15, 0.2) is 0 Å². The first-order valence-corrected chi connectivity index (χ1v) is 13.1. The number of aliphatic imine (C=N–C) groups is 1. The van der Waals surface area contributed by atoms with Gasteiger partial charge < -0.3 is 0 Å². The number of fused-ring (bicyclic) bond motifs is 3. The smallest absolute Gasteiger partial charge is 0.0886 e. The summed E-state index contributed by atoms with van der Waals surface area (Å²) in [6.07, 6.45) is 10.6. The van der Waals surface area contributed by atoms with Crippen LogP contribution in [0.4, 0.5) is 5.69 Å². The Labute approximate surface area is 261 Å². The Balaban J connectivity index is 0.000000146. The first-order valence-electron chi connectivity index (χ1n) is 12.7. The van der Waals surface area contributed by atoms with Gasteiger partial charge >= 0.3 is 0 Å². The minimum absolute atomic E-state index is 0. The molecule has 0 N–H and O–H groups in total. The molecule has 0 aliphatic rings. The van der Waals surface area contributed by atoms with Crippen LogP contribution < -0.4 is 0 Å². The Morgan fingerprint density at radius 2 is 0.905 bits per heavy atom. The van der Waals surface area contributed by atoms with Crippen LogP contribution in [0.2, 0.25) is 0 Å². The van der Waals surface area contributed by atoms with Crippen LogP contribution in [0.5, 0.6) is 0 Å². The number of hydrogen-bond acceptors (Lipinski definition) is 8. The van der Waals surface area contributed by atoms with E-state index in [0.29, 0.717) is 0 Å². The van der Waals surface area contributed by atoms with Gasteiger partial charge in [0.2, 0.25) is 0 Å². The normalized spacial score (nSPS) is 9.71. The van der Waals surface area contributed by atoms with Crippen LogP contribution >= 0.6 is 12.2 Å². The van der Waals surface area contributed by atoms with Crippen molar-refractivity contribution in [3.8, 4) is 22.8 Å². The molecule has 42 heavy (non-hydrogen) atoms. The van der Waals surface area contributed by atoms with Gasteiger partial charge in [0.05, 0.1) is 44.7 Å². The SMILES string of the molecule is S=C=Nc1cc2ncccc2c2ncccc12.[Ru].c1ccc(-c2ccccn2)nc1.c1ccc(-c2ccccn2)nc1. The summed E-state index contributed by atoms with van der Waals surface area (Å²) in [7, 11) is 0. The Morgan fingerprint density at radius 1 is 0.476 bits per heavy atom. The van der Waals surface area contributed by atoms with Gasteiger partial charge in [-0.05, 0) is 91.1 Å². The van der Waals surface area contributed by atoms with Crippen LogP contribution in [0.3, 0.4) is 0 Å². The molecule has 204 valence electrons. The predicted molar refractivity (Wildman–Crippen MR) is 167 cm³/mol. The topological polar surface area (TPSA) is 89.7 Å². The molecule has 0 amide bonds. The van der Waals surface area contributed by atoms with Gasteiger partial charge in [-0.2, -0.15) is 4.99 Å². The summed E-state index contributed by atoms with van der Waals surface area (Å²) in [4.78, 5) is 29.5. The number of benzene rings is 1. The fraction of sp³-hybridized carbons (Fsp3) is 0. The molecule has 9 heteroatoms. The summed E-state index contributed by atoms with van der Waals surface area (Å²) < 4.78 is 0. The Kier molecular flexibility index (Phi) is 11.3. The van der Waals surface area contributed by atoms with Gasteiger partial charge in [0, 0.05) is 67.4 Å². The first kappa shape index (κ1) is 30.0. The van der Waals surface area contributed by atoms with E-state index in [4.69, 9.17) is 0 Å². The molecule has 0 aliphatic carbocycles. The molecule has 1 aromatic carbocycles. The number of pyridine rings is 6. The Hall–Kier alpha value is -4.94. The van der Waals surface area contributed by atoms with Gasteiger partial charge in [-0.3, -0.25) is 29.9 Å². The molecular weight excluding hydrogens is 628 g/mol. The maximum atomic E-state index is 4.66. The second-order valence-electron chi connectivity index (χ2n) is 8.43. The molecule has 6 aromatic heterocycles. The molecule has 0 atom stereocenters. The van der Waals surface area contributed by atoms with Crippen molar-refractivity contribution in [3.63, 3.8) is 0 Å². The molecule has 0 spiro atoms. The van der Waals surface area contributed by atoms with E-state index in [-0.39, 0.29) is 19.5 Å². The predicted octanol–water partition coefficient (Wildman–Crippen LogP) is 7.80. The number of nitrogens with zero attached hydrogens (tertiary/aromatic N) is 7. The number of isothiocyanates is 1. The number of aromatic nitrogens is 6. The number of thiocarbonyl (C=S) groups is 1. The Bertz CT molecular complexity index is 1740. The van der Waals surface area contributed by atoms with Crippen LogP contribution in [0.25, 0.3) is 44.6 Å². The van der Waals surface area contributed by atoms with Crippen molar-refractivity contribution in [2.24, 2.45) is 4.99 Å².